The number of piperidine rings is 1. The van der Waals surface area contributed by atoms with Gasteiger partial charge < -0.3 is 10.6 Å². The van der Waals surface area contributed by atoms with E-state index >= 15 is 0 Å². The maximum Gasteiger partial charge on any atom is 0.220 e. The van der Waals surface area contributed by atoms with E-state index in [-0.39, 0.29) is 18.4 Å². The van der Waals surface area contributed by atoms with Gasteiger partial charge in [0.2, 0.25) is 5.91 Å². The van der Waals surface area contributed by atoms with E-state index in [2.05, 4.69) is 4.90 Å². The summed E-state index contributed by atoms with van der Waals surface area (Å²) in [5.74, 6) is -0.119. The molecule has 0 aliphatic carbocycles. The molecule has 0 aromatic heterocycles. The van der Waals surface area contributed by atoms with E-state index in [0.717, 1.165) is 32.5 Å². The van der Waals surface area contributed by atoms with Gasteiger partial charge in [0, 0.05) is 12.5 Å². The molecule has 0 unspecified atom stereocenters. The van der Waals surface area contributed by atoms with E-state index in [1.54, 1.807) is 0 Å². The lowest BCUT2D eigenvalue weighted by atomic mass is 9.96. The number of carbonyl (C=O) groups is 1. The van der Waals surface area contributed by atoms with E-state index in [4.69, 9.17) is 5.73 Å². The zero-order valence-corrected chi connectivity index (χ0v) is 7.87. The van der Waals surface area contributed by atoms with Gasteiger partial charge in [0.1, 0.15) is 0 Å². The first-order valence-electron chi connectivity index (χ1n) is 4.84. The molecule has 4 heteroatoms. The number of nitrogens with zero attached hydrogens (tertiary/aromatic N) is 1. The highest BCUT2D eigenvalue weighted by atomic mass is 16.3. The van der Waals surface area contributed by atoms with Crippen molar-refractivity contribution in [3.8, 4) is 0 Å². The van der Waals surface area contributed by atoms with Gasteiger partial charge in [-0.25, -0.2) is 5.11 Å². The molecule has 0 bridgehead atoms. The summed E-state index contributed by atoms with van der Waals surface area (Å²) in [6.07, 6.45) is 2.42. The molecule has 0 spiro atoms. The fourth-order valence-electron chi connectivity index (χ4n) is 1.73. The minimum absolute atomic E-state index is 0.00422. The molecular formula is C9H17N2O2. The molecule has 0 aromatic rings. The van der Waals surface area contributed by atoms with Crippen LogP contribution >= 0.6 is 0 Å². The lowest BCUT2D eigenvalue weighted by Crippen LogP contribution is -2.39. The van der Waals surface area contributed by atoms with Crippen LogP contribution in [0.25, 0.3) is 0 Å². The Morgan fingerprint density at radius 3 is 2.46 bits per heavy atom. The van der Waals surface area contributed by atoms with Gasteiger partial charge in [-0.1, -0.05) is 0 Å². The van der Waals surface area contributed by atoms with Crippen molar-refractivity contribution in [3.05, 3.63) is 0 Å². The third kappa shape index (κ3) is 3.32. The van der Waals surface area contributed by atoms with Crippen molar-refractivity contribution < 1.29 is 9.90 Å². The zero-order valence-electron chi connectivity index (χ0n) is 7.87. The van der Waals surface area contributed by atoms with Gasteiger partial charge in [0.15, 0.2) is 0 Å². The van der Waals surface area contributed by atoms with Gasteiger partial charge in [-0.05, 0) is 32.4 Å². The molecule has 1 aliphatic rings. The maximum atomic E-state index is 10.8. The van der Waals surface area contributed by atoms with Crippen molar-refractivity contribution in [1.82, 2.24) is 4.90 Å². The van der Waals surface area contributed by atoms with Crippen molar-refractivity contribution in [2.75, 3.05) is 26.2 Å². The number of likely N-dealkylation sites (tertiary alicyclic amines) is 1. The first-order valence-corrected chi connectivity index (χ1v) is 4.84. The van der Waals surface area contributed by atoms with E-state index in [0.29, 0.717) is 6.42 Å². The second-order valence-corrected chi connectivity index (χ2v) is 3.58. The zero-order chi connectivity index (χ0) is 9.68. The largest absolute Gasteiger partial charge is 0.369 e. The Labute approximate surface area is 78.7 Å². The third-order valence-electron chi connectivity index (χ3n) is 2.61. The van der Waals surface area contributed by atoms with Crippen LogP contribution in [0.15, 0.2) is 0 Å². The van der Waals surface area contributed by atoms with Gasteiger partial charge in [-0.3, -0.25) is 4.79 Å². The van der Waals surface area contributed by atoms with Crippen LogP contribution in [0.5, 0.6) is 0 Å². The summed E-state index contributed by atoms with van der Waals surface area (Å²) in [5.41, 5.74) is 5.21. The Hall–Kier alpha value is -0.610. The molecule has 4 nitrogen and oxygen atoms in total. The molecule has 1 saturated heterocycles. The Balaban J connectivity index is 2.18. The molecule has 1 aliphatic heterocycles. The number of rotatable bonds is 4. The van der Waals surface area contributed by atoms with E-state index in [1.165, 1.54) is 0 Å². The van der Waals surface area contributed by atoms with Crippen LogP contribution in [0.4, 0.5) is 0 Å². The number of hydrogen-bond acceptors (Lipinski definition) is 2. The lowest BCUT2D eigenvalue weighted by molar-refractivity contribution is -0.123. The molecule has 1 fully saturated rings. The van der Waals surface area contributed by atoms with Gasteiger partial charge in [0.05, 0.1) is 6.61 Å². The van der Waals surface area contributed by atoms with Crippen molar-refractivity contribution in [2.24, 2.45) is 11.7 Å². The monoisotopic (exact) mass is 185 g/mol. The van der Waals surface area contributed by atoms with Crippen LogP contribution in [0.2, 0.25) is 0 Å². The van der Waals surface area contributed by atoms with E-state index in [9.17, 15) is 9.90 Å². The van der Waals surface area contributed by atoms with Gasteiger partial charge in [-0.15, -0.1) is 0 Å². The van der Waals surface area contributed by atoms with E-state index < -0.39 is 0 Å². The molecule has 0 aromatic carbocycles. The number of carbonyl (C=O) groups excluding carboxylic acids is 1. The Kier molecular flexibility index (Phi) is 4.18. The summed E-state index contributed by atoms with van der Waals surface area (Å²) in [6.45, 7) is 2.69. The predicted molar refractivity (Wildman–Crippen MR) is 48.5 cm³/mol. The van der Waals surface area contributed by atoms with Crippen molar-refractivity contribution in [1.29, 1.82) is 0 Å². The topological polar surface area (TPSA) is 66.2 Å². The molecule has 1 rings (SSSR count). The Morgan fingerprint density at radius 1 is 1.38 bits per heavy atom. The summed E-state index contributed by atoms with van der Waals surface area (Å²) in [4.78, 5) is 13.1. The van der Waals surface area contributed by atoms with Gasteiger partial charge >= 0.3 is 0 Å². The fraction of sp³-hybridized carbons (Fsp3) is 0.889. The van der Waals surface area contributed by atoms with Crippen LogP contribution in [-0.4, -0.2) is 37.0 Å². The molecule has 0 atom stereocenters. The molecule has 2 N–H and O–H groups in total. The van der Waals surface area contributed by atoms with Crippen molar-refractivity contribution in [3.63, 3.8) is 0 Å². The van der Waals surface area contributed by atoms with Gasteiger partial charge in [-0.2, -0.15) is 0 Å². The highest BCUT2D eigenvalue weighted by Gasteiger charge is 2.22. The summed E-state index contributed by atoms with van der Waals surface area (Å²) in [7, 11) is 0. The number of primary amides is 1. The lowest BCUT2D eigenvalue weighted by Gasteiger charge is -2.30. The highest BCUT2D eigenvalue weighted by molar-refractivity contribution is 5.76. The van der Waals surface area contributed by atoms with Crippen LogP contribution in [0.3, 0.4) is 0 Å². The quantitative estimate of drug-likeness (QED) is 0.670. The second kappa shape index (κ2) is 5.19. The first kappa shape index (κ1) is 10.5. The number of nitrogens with two attached hydrogens (primary N) is 1. The average molecular weight is 185 g/mol. The summed E-state index contributed by atoms with van der Waals surface area (Å²) in [5, 5.41) is 10.2. The Morgan fingerprint density at radius 2 is 2.00 bits per heavy atom. The third-order valence-corrected chi connectivity index (χ3v) is 2.61. The van der Waals surface area contributed by atoms with Gasteiger partial charge in [0.25, 0.3) is 0 Å². The molecule has 1 heterocycles. The van der Waals surface area contributed by atoms with Crippen LogP contribution in [0.1, 0.15) is 19.3 Å². The second-order valence-electron chi connectivity index (χ2n) is 3.58. The first-order chi connectivity index (χ1) is 6.24. The molecule has 1 amide bonds. The normalized spacial score (nSPS) is 20.4. The standard InChI is InChI=1S/C9H17N2O2/c10-9(13)8-2-5-11(6-3-8)4-1-7-12/h8H,1-7H2,(H2,10,13). The highest BCUT2D eigenvalue weighted by Crippen LogP contribution is 2.16. The molecule has 75 valence electrons. The SMILES string of the molecule is NC(=O)C1CCN(CCC[O])CC1. The fourth-order valence-corrected chi connectivity index (χ4v) is 1.73. The summed E-state index contributed by atoms with van der Waals surface area (Å²) < 4.78 is 0. The minimum atomic E-state index is -0.177. The molecule has 1 radical (unpaired) electrons. The van der Waals surface area contributed by atoms with Crippen molar-refractivity contribution >= 4 is 5.91 Å². The number of amides is 1. The van der Waals surface area contributed by atoms with E-state index in [1.807, 2.05) is 0 Å². The average Bonchev–Trinajstić information content (AvgIpc) is 2.15. The molecular weight excluding hydrogens is 168 g/mol. The smallest absolute Gasteiger partial charge is 0.220 e. The molecule has 0 saturated carbocycles. The minimum Gasteiger partial charge on any atom is -0.369 e. The van der Waals surface area contributed by atoms with Crippen molar-refractivity contribution in [2.45, 2.75) is 19.3 Å². The Bertz CT molecular complexity index is 165. The maximum absolute atomic E-state index is 10.8. The van der Waals surface area contributed by atoms with Crippen LogP contribution < -0.4 is 5.73 Å². The van der Waals surface area contributed by atoms with Crippen LogP contribution in [0, 0.1) is 5.92 Å². The van der Waals surface area contributed by atoms with Crippen LogP contribution in [-0.2, 0) is 9.90 Å². The summed E-state index contributed by atoms with van der Waals surface area (Å²) in [6, 6.07) is 0. The molecule has 13 heavy (non-hydrogen) atoms. The number of hydrogen-bond donors (Lipinski definition) is 1. The summed E-state index contributed by atoms with van der Waals surface area (Å²) >= 11 is 0. The predicted octanol–water partition coefficient (Wildman–Crippen LogP) is 0.00430.